The molecular formula is C48H37GeN. The van der Waals surface area contributed by atoms with Crippen LogP contribution in [0.2, 0.25) is 0 Å². The van der Waals surface area contributed by atoms with Gasteiger partial charge in [-0.25, -0.2) is 0 Å². The van der Waals surface area contributed by atoms with Crippen LogP contribution in [-0.4, -0.2) is 13.3 Å². The van der Waals surface area contributed by atoms with E-state index in [1.807, 2.05) is 0 Å². The quantitative estimate of drug-likeness (QED) is 0.136. The standard InChI is InChI=1S/C48H37GeN/c1-6-16-38(17-7-1)40-28-34-47(35-29-40)50(46-24-14-5-15-25-46)48-36-30-41(31-37-48)39-26-32-45(33-27-39)49(42-18-8-2-9-19-42,43-20-10-3-11-21-43)44-22-12-4-13-23-44/h1-37H. The Balaban J connectivity index is 1.16. The molecule has 0 saturated carbocycles. The van der Waals surface area contributed by atoms with Crippen molar-refractivity contribution in [2.75, 3.05) is 4.90 Å². The van der Waals surface area contributed by atoms with Crippen molar-refractivity contribution in [3.05, 3.63) is 224 Å². The van der Waals surface area contributed by atoms with Crippen LogP contribution >= 0.6 is 0 Å². The Kier molecular flexibility index (Phi) is 8.97. The van der Waals surface area contributed by atoms with Gasteiger partial charge in [-0.1, -0.05) is 36.4 Å². The van der Waals surface area contributed by atoms with Gasteiger partial charge in [-0.15, -0.1) is 0 Å². The smallest absolute Gasteiger partial charge is 0.0617 e. The minimum Gasteiger partial charge on any atom is -0.0617 e. The number of anilines is 3. The van der Waals surface area contributed by atoms with Crippen LogP contribution in [-0.2, 0) is 0 Å². The van der Waals surface area contributed by atoms with Gasteiger partial charge in [-0.2, -0.15) is 0 Å². The Morgan fingerprint density at radius 3 is 0.860 bits per heavy atom. The van der Waals surface area contributed by atoms with E-state index in [-0.39, 0.29) is 0 Å². The molecule has 0 unspecified atom stereocenters. The molecule has 0 spiro atoms. The van der Waals surface area contributed by atoms with Gasteiger partial charge in [-0.3, -0.25) is 0 Å². The van der Waals surface area contributed by atoms with E-state index >= 15 is 0 Å². The molecular weight excluding hydrogens is 663 g/mol. The molecule has 0 aliphatic heterocycles. The molecule has 0 N–H and O–H groups in total. The zero-order valence-electron chi connectivity index (χ0n) is 27.8. The summed E-state index contributed by atoms with van der Waals surface area (Å²) in [6, 6.07) is 81.9. The van der Waals surface area contributed by atoms with E-state index in [0.29, 0.717) is 0 Å². The number of hydrogen-bond acceptors (Lipinski definition) is 1. The molecule has 0 aliphatic carbocycles. The fourth-order valence-corrected chi connectivity index (χ4v) is 17.2. The normalized spacial score (nSPS) is 11.2. The van der Waals surface area contributed by atoms with Gasteiger partial charge in [0.1, 0.15) is 0 Å². The van der Waals surface area contributed by atoms with Crippen molar-refractivity contribution in [3.8, 4) is 22.3 Å². The Labute approximate surface area is 298 Å². The zero-order chi connectivity index (χ0) is 33.6. The van der Waals surface area contributed by atoms with E-state index in [4.69, 9.17) is 0 Å². The molecule has 238 valence electrons. The van der Waals surface area contributed by atoms with Crippen LogP contribution in [0.25, 0.3) is 22.3 Å². The van der Waals surface area contributed by atoms with Crippen LogP contribution < -0.4 is 22.5 Å². The van der Waals surface area contributed by atoms with E-state index in [2.05, 4.69) is 229 Å². The maximum atomic E-state index is 2.39. The van der Waals surface area contributed by atoms with Crippen LogP contribution in [0.3, 0.4) is 0 Å². The third kappa shape index (κ3) is 6.09. The number of benzene rings is 8. The van der Waals surface area contributed by atoms with Crippen LogP contribution in [0, 0.1) is 0 Å². The molecule has 0 radical (unpaired) electrons. The molecule has 8 rings (SSSR count). The van der Waals surface area contributed by atoms with E-state index < -0.39 is 13.3 Å². The molecule has 8 aromatic rings. The summed E-state index contributed by atoms with van der Waals surface area (Å²) in [5, 5.41) is 0. The predicted molar refractivity (Wildman–Crippen MR) is 216 cm³/mol. The first kappa shape index (κ1) is 31.4. The molecule has 0 heterocycles. The molecule has 0 amide bonds. The van der Waals surface area contributed by atoms with Gasteiger partial charge >= 0.3 is 252 Å². The van der Waals surface area contributed by atoms with Crippen molar-refractivity contribution in [2.24, 2.45) is 0 Å². The van der Waals surface area contributed by atoms with Crippen molar-refractivity contribution in [3.63, 3.8) is 0 Å². The molecule has 0 fully saturated rings. The van der Waals surface area contributed by atoms with Crippen molar-refractivity contribution >= 4 is 47.9 Å². The average molecular weight is 700 g/mol. The summed E-state index contributed by atoms with van der Waals surface area (Å²) in [4.78, 5) is 2.32. The predicted octanol–water partition coefficient (Wildman–Crippen LogP) is 9.87. The second kappa shape index (κ2) is 14.3. The number of nitrogens with zero attached hydrogens (tertiary/aromatic N) is 1. The summed E-state index contributed by atoms with van der Waals surface area (Å²) in [6.07, 6.45) is 0. The van der Waals surface area contributed by atoms with Gasteiger partial charge in [0.25, 0.3) is 0 Å². The summed E-state index contributed by atoms with van der Waals surface area (Å²) in [7, 11) is 0. The topological polar surface area (TPSA) is 3.24 Å². The van der Waals surface area contributed by atoms with Crippen molar-refractivity contribution < 1.29 is 0 Å². The molecule has 0 aromatic heterocycles. The van der Waals surface area contributed by atoms with Crippen molar-refractivity contribution in [1.82, 2.24) is 0 Å². The fraction of sp³-hybridized carbons (Fsp3) is 0. The summed E-state index contributed by atoms with van der Waals surface area (Å²) in [5.41, 5.74) is 8.21. The SMILES string of the molecule is c1ccc(-c2ccc(N(c3ccccc3)c3ccc(-c4cc[c]([Ge]([c]5ccccc5)([c]5ccccc5)[c]5ccccc5)cc4)cc3)cc2)cc1. The number of hydrogen-bond donors (Lipinski definition) is 0. The van der Waals surface area contributed by atoms with Crippen LogP contribution in [0.15, 0.2) is 224 Å². The monoisotopic (exact) mass is 701 g/mol. The maximum absolute atomic E-state index is 3.29. The van der Waals surface area contributed by atoms with E-state index in [0.717, 1.165) is 17.1 Å². The summed E-state index contributed by atoms with van der Waals surface area (Å²) in [5.74, 6) is 0. The van der Waals surface area contributed by atoms with Crippen LogP contribution in [0.4, 0.5) is 17.1 Å². The van der Waals surface area contributed by atoms with Gasteiger partial charge < -0.3 is 0 Å². The summed E-state index contributed by atoms with van der Waals surface area (Å²) >= 11 is -3.29. The second-order valence-corrected chi connectivity index (χ2v) is 20.5. The van der Waals surface area contributed by atoms with Gasteiger partial charge in [0.15, 0.2) is 0 Å². The van der Waals surface area contributed by atoms with E-state index in [1.165, 1.54) is 39.8 Å². The fourth-order valence-electron chi connectivity index (χ4n) is 7.24. The Bertz CT molecular complexity index is 2160. The Morgan fingerprint density at radius 2 is 0.480 bits per heavy atom. The second-order valence-electron chi connectivity index (χ2n) is 12.6. The third-order valence-electron chi connectivity index (χ3n) is 9.64. The van der Waals surface area contributed by atoms with Crippen molar-refractivity contribution in [2.45, 2.75) is 0 Å². The number of para-hydroxylation sites is 1. The van der Waals surface area contributed by atoms with Crippen molar-refractivity contribution in [1.29, 1.82) is 0 Å². The molecule has 50 heavy (non-hydrogen) atoms. The van der Waals surface area contributed by atoms with Gasteiger partial charge in [-0.05, 0) is 11.1 Å². The zero-order valence-corrected chi connectivity index (χ0v) is 29.9. The Hall–Kier alpha value is -5.90. The molecule has 0 bridgehead atoms. The third-order valence-corrected chi connectivity index (χ3v) is 19.7. The van der Waals surface area contributed by atoms with E-state index in [1.54, 1.807) is 0 Å². The first-order valence-corrected chi connectivity index (χ1v) is 21.4. The molecule has 0 atom stereocenters. The molecule has 0 saturated heterocycles. The minimum atomic E-state index is -3.29. The van der Waals surface area contributed by atoms with Gasteiger partial charge in [0.05, 0.1) is 0 Å². The average Bonchev–Trinajstić information content (AvgIpc) is 3.21. The Morgan fingerprint density at radius 1 is 0.220 bits per heavy atom. The van der Waals surface area contributed by atoms with Gasteiger partial charge in [0.2, 0.25) is 0 Å². The summed E-state index contributed by atoms with van der Waals surface area (Å²) < 4.78 is 5.71. The minimum absolute atomic E-state index is 1.12. The van der Waals surface area contributed by atoms with E-state index in [9.17, 15) is 0 Å². The molecule has 2 heteroatoms. The molecule has 1 nitrogen and oxygen atoms in total. The molecule has 0 aliphatic rings. The summed E-state index contributed by atoms with van der Waals surface area (Å²) in [6.45, 7) is 0. The number of rotatable bonds is 9. The molecule has 8 aromatic carbocycles. The van der Waals surface area contributed by atoms with Crippen LogP contribution in [0.1, 0.15) is 0 Å². The first-order chi connectivity index (χ1) is 24.8. The first-order valence-electron chi connectivity index (χ1n) is 17.2. The van der Waals surface area contributed by atoms with Gasteiger partial charge in [0, 0.05) is 0 Å². The van der Waals surface area contributed by atoms with Crippen LogP contribution in [0.5, 0.6) is 0 Å².